The van der Waals surface area contributed by atoms with Crippen molar-refractivity contribution in [1.29, 1.82) is 5.41 Å². The number of benzene rings is 2. The van der Waals surface area contributed by atoms with Crippen LogP contribution in [-0.2, 0) is 4.79 Å². The molecule has 0 radical (unpaired) electrons. The monoisotopic (exact) mass is 492 g/mol. The lowest BCUT2D eigenvalue weighted by molar-refractivity contribution is -0.114. The van der Waals surface area contributed by atoms with E-state index in [-0.39, 0.29) is 11.4 Å². The van der Waals surface area contributed by atoms with Crippen LogP contribution in [0.15, 0.2) is 64.2 Å². The first-order chi connectivity index (χ1) is 17.1. The SMILES string of the molecule is CCCCC1=NN2C(=N)/C(=C/c3ccc(OCCOc4ccccc4)c(OCC)c3)C(=O)N=C2S1. The smallest absolute Gasteiger partial charge is 0.283 e. The number of carbonyl (C=O) groups excluding carboxylic acids is 1. The minimum atomic E-state index is -0.447. The zero-order chi connectivity index (χ0) is 24.6. The number of thioether (sulfide) groups is 1. The van der Waals surface area contributed by atoms with Gasteiger partial charge in [0.2, 0.25) is 5.17 Å². The lowest BCUT2D eigenvalue weighted by Gasteiger charge is -2.20. The number of nitrogens with one attached hydrogen (secondary N) is 1. The number of unbranched alkanes of at least 4 members (excludes halogenated alkanes) is 1. The standard InChI is InChI=1S/C26H28N4O4S/c1-3-5-11-23-29-30-24(27)20(25(31)28-26(30)35-23)16-18-12-13-21(22(17-18)32-4-2)34-15-14-33-19-9-7-6-8-10-19/h6-10,12-13,16-17,27H,3-5,11,14-15H2,1-2H3/b20-16-,27-24?. The van der Waals surface area contributed by atoms with E-state index in [0.29, 0.717) is 42.1 Å². The molecule has 0 atom stereocenters. The largest absolute Gasteiger partial charge is 0.490 e. The van der Waals surface area contributed by atoms with Crippen molar-refractivity contribution in [3.8, 4) is 17.2 Å². The number of hydrogen-bond acceptors (Lipinski definition) is 7. The van der Waals surface area contributed by atoms with E-state index in [4.69, 9.17) is 19.6 Å². The molecule has 2 aromatic carbocycles. The van der Waals surface area contributed by atoms with Crippen molar-refractivity contribution in [2.75, 3.05) is 19.8 Å². The van der Waals surface area contributed by atoms with E-state index >= 15 is 0 Å². The maximum Gasteiger partial charge on any atom is 0.283 e. The molecule has 0 fully saturated rings. The fourth-order valence-electron chi connectivity index (χ4n) is 3.46. The number of nitrogens with zero attached hydrogens (tertiary/aromatic N) is 3. The van der Waals surface area contributed by atoms with Crippen LogP contribution in [0, 0.1) is 5.41 Å². The number of rotatable bonds is 11. The van der Waals surface area contributed by atoms with E-state index in [1.807, 2.05) is 43.3 Å². The van der Waals surface area contributed by atoms with Gasteiger partial charge >= 0.3 is 0 Å². The van der Waals surface area contributed by atoms with Crippen LogP contribution < -0.4 is 14.2 Å². The summed E-state index contributed by atoms with van der Waals surface area (Å²) in [7, 11) is 0. The van der Waals surface area contributed by atoms with Crippen LogP contribution >= 0.6 is 11.8 Å². The number of ether oxygens (including phenoxy) is 3. The van der Waals surface area contributed by atoms with Gasteiger partial charge in [-0.05, 0) is 67.4 Å². The van der Waals surface area contributed by atoms with Gasteiger partial charge in [-0.2, -0.15) is 15.1 Å². The summed E-state index contributed by atoms with van der Waals surface area (Å²) < 4.78 is 17.3. The summed E-state index contributed by atoms with van der Waals surface area (Å²) in [5.41, 5.74) is 0.886. The molecule has 35 heavy (non-hydrogen) atoms. The molecule has 0 saturated carbocycles. The molecule has 9 heteroatoms. The van der Waals surface area contributed by atoms with Crippen molar-refractivity contribution in [2.24, 2.45) is 10.1 Å². The molecule has 0 unspecified atom stereocenters. The van der Waals surface area contributed by atoms with E-state index < -0.39 is 5.91 Å². The molecule has 2 aliphatic heterocycles. The Kier molecular flexibility index (Phi) is 8.20. The maximum absolute atomic E-state index is 12.7. The van der Waals surface area contributed by atoms with Gasteiger partial charge in [0.15, 0.2) is 17.3 Å². The van der Waals surface area contributed by atoms with Crippen molar-refractivity contribution in [3.05, 3.63) is 59.7 Å². The number of aliphatic imine (C=N–C) groups is 1. The van der Waals surface area contributed by atoms with Gasteiger partial charge in [0.25, 0.3) is 5.91 Å². The Hall–Kier alpha value is -3.59. The Morgan fingerprint density at radius 3 is 2.60 bits per heavy atom. The number of amidine groups is 2. The van der Waals surface area contributed by atoms with Crippen LogP contribution in [0.3, 0.4) is 0 Å². The second kappa shape index (κ2) is 11.7. The van der Waals surface area contributed by atoms with Gasteiger partial charge in [0, 0.05) is 0 Å². The highest BCUT2D eigenvalue weighted by Crippen LogP contribution is 2.32. The van der Waals surface area contributed by atoms with Crippen LogP contribution in [0.2, 0.25) is 0 Å². The van der Waals surface area contributed by atoms with E-state index in [1.165, 1.54) is 16.8 Å². The van der Waals surface area contributed by atoms with E-state index in [1.54, 1.807) is 18.2 Å². The molecule has 2 heterocycles. The Morgan fingerprint density at radius 1 is 1.03 bits per heavy atom. The Labute approximate surface area is 209 Å². The predicted molar refractivity (Wildman–Crippen MR) is 140 cm³/mol. The van der Waals surface area contributed by atoms with Crippen LogP contribution in [0.5, 0.6) is 17.2 Å². The average Bonchev–Trinajstić information content (AvgIpc) is 3.28. The first-order valence-corrected chi connectivity index (χ1v) is 12.5. The van der Waals surface area contributed by atoms with Gasteiger partial charge in [-0.3, -0.25) is 10.2 Å². The van der Waals surface area contributed by atoms with Gasteiger partial charge in [0.1, 0.15) is 24.0 Å². The molecule has 0 bridgehead atoms. The van der Waals surface area contributed by atoms with Gasteiger partial charge in [0.05, 0.1) is 12.2 Å². The van der Waals surface area contributed by atoms with E-state index in [2.05, 4.69) is 17.0 Å². The van der Waals surface area contributed by atoms with Gasteiger partial charge < -0.3 is 14.2 Å². The highest BCUT2D eigenvalue weighted by molar-refractivity contribution is 8.26. The third kappa shape index (κ3) is 6.10. The molecule has 2 aliphatic rings. The van der Waals surface area contributed by atoms with Gasteiger partial charge in [-0.1, -0.05) is 37.6 Å². The highest BCUT2D eigenvalue weighted by atomic mass is 32.2. The molecular formula is C26H28N4O4S. The molecule has 1 amide bonds. The second-order valence-corrected chi connectivity index (χ2v) is 8.81. The number of hydrazone groups is 1. The first-order valence-electron chi connectivity index (χ1n) is 11.7. The molecule has 8 nitrogen and oxygen atoms in total. The Morgan fingerprint density at radius 2 is 1.83 bits per heavy atom. The molecule has 0 saturated heterocycles. The molecule has 2 aromatic rings. The minimum absolute atomic E-state index is 0.0235. The van der Waals surface area contributed by atoms with Gasteiger partial charge in [-0.25, -0.2) is 0 Å². The summed E-state index contributed by atoms with van der Waals surface area (Å²) in [6, 6.07) is 14.9. The lowest BCUT2D eigenvalue weighted by Crippen LogP contribution is -2.35. The fraction of sp³-hybridized carbons (Fsp3) is 0.308. The summed E-state index contributed by atoms with van der Waals surface area (Å²) in [5, 5.41) is 15.8. The normalized spacial score (nSPS) is 16.2. The first kappa shape index (κ1) is 24.5. The van der Waals surface area contributed by atoms with Crippen molar-refractivity contribution < 1.29 is 19.0 Å². The molecule has 182 valence electrons. The molecule has 4 rings (SSSR count). The zero-order valence-corrected chi connectivity index (χ0v) is 20.6. The third-order valence-corrected chi connectivity index (χ3v) is 6.14. The number of hydrogen-bond donors (Lipinski definition) is 1. The van der Waals surface area contributed by atoms with Gasteiger partial charge in [-0.15, -0.1) is 0 Å². The zero-order valence-electron chi connectivity index (χ0n) is 19.8. The van der Waals surface area contributed by atoms with Crippen LogP contribution in [0.25, 0.3) is 6.08 Å². The lowest BCUT2D eigenvalue weighted by atomic mass is 10.1. The quantitative estimate of drug-likeness (QED) is 0.335. The number of amides is 1. The highest BCUT2D eigenvalue weighted by Gasteiger charge is 2.35. The minimum Gasteiger partial charge on any atom is -0.490 e. The second-order valence-electron chi connectivity index (χ2n) is 7.77. The maximum atomic E-state index is 12.7. The number of carbonyl (C=O) groups is 1. The average molecular weight is 493 g/mol. The van der Waals surface area contributed by atoms with Crippen molar-refractivity contribution in [1.82, 2.24) is 5.01 Å². The molecule has 0 spiro atoms. The van der Waals surface area contributed by atoms with Crippen molar-refractivity contribution in [3.63, 3.8) is 0 Å². The predicted octanol–water partition coefficient (Wildman–Crippen LogP) is 5.35. The Bertz CT molecular complexity index is 1180. The summed E-state index contributed by atoms with van der Waals surface area (Å²) in [4.78, 5) is 16.8. The van der Waals surface area contributed by atoms with Crippen LogP contribution in [0.1, 0.15) is 38.7 Å². The summed E-state index contributed by atoms with van der Waals surface area (Å²) in [6.07, 6.45) is 4.51. The summed E-state index contributed by atoms with van der Waals surface area (Å²) >= 11 is 1.36. The van der Waals surface area contributed by atoms with E-state index in [9.17, 15) is 4.79 Å². The number of para-hydroxylation sites is 1. The van der Waals surface area contributed by atoms with Crippen molar-refractivity contribution in [2.45, 2.75) is 33.1 Å². The van der Waals surface area contributed by atoms with Crippen LogP contribution in [-0.4, -0.2) is 46.8 Å². The molecule has 1 N–H and O–H groups in total. The summed E-state index contributed by atoms with van der Waals surface area (Å²) in [6.45, 7) is 5.20. The molecular weight excluding hydrogens is 464 g/mol. The van der Waals surface area contributed by atoms with Crippen molar-refractivity contribution >= 4 is 39.8 Å². The third-order valence-electron chi connectivity index (χ3n) is 5.17. The molecule has 0 aliphatic carbocycles. The van der Waals surface area contributed by atoms with E-state index in [0.717, 1.165) is 30.1 Å². The number of fused-ring (bicyclic) bond motifs is 1. The van der Waals surface area contributed by atoms with Crippen LogP contribution in [0.4, 0.5) is 0 Å². The summed E-state index contributed by atoms with van der Waals surface area (Å²) in [5.74, 6) is 1.49. The fourth-order valence-corrected chi connectivity index (χ4v) is 4.38. The molecule has 0 aromatic heterocycles. The topological polar surface area (TPSA) is 96.6 Å². The Balaban J connectivity index is 1.46.